The molecule has 6 heteroatoms. The summed E-state index contributed by atoms with van der Waals surface area (Å²) in [4.78, 5) is 17.3. The van der Waals surface area contributed by atoms with Gasteiger partial charge in [-0.25, -0.2) is 9.78 Å². The van der Waals surface area contributed by atoms with E-state index in [4.69, 9.17) is 16.7 Å². The first kappa shape index (κ1) is 15.1. The van der Waals surface area contributed by atoms with E-state index < -0.39 is 5.97 Å². The van der Waals surface area contributed by atoms with Crippen LogP contribution in [0.5, 0.6) is 0 Å². The maximum Gasteiger partial charge on any atom is 0.356 e. The highest BCUT2D eigenvalue weighted by Crippen LogP contribution is 2.33. The highest BCUT2D eigenvalue weighted by atomic mass is 35.5. The maximum atomic E-state index is 11.0. The molecular weight excluding hydrogens is 278 g/mol. The molecule has 0 unspecified atom stereocenters. The number of nitrogens with zero attached hydrogens (tertiary/aromatic N) is 2. The molecule has 110 valence electrons. The zero-order valence-electron chi connectivity index (χ0n) is 11.8. The molecule has 0 bridgehead atoms. The van der Waals surface area contributed by atoms with Crippen molar-refractivity contribution in [2.45, 2.75) is 31.2 Å². The lowest BCUT2D eigenvalue weighted by atomic mass is 9.96. The first-order valence-corrected chi connectivity index (χ1v) is 7.13. The Labute approximate surface area is 123 Å². The van der Waals surface area contributed by atoms with Gasteiger partial charge in [-0.15, -0.1) is 0 Å². The van der Waals surface area contributed by atoms with E-state index in [9.17, 15) is 4.79 Å². The number of rotatable bonds is 5. The SMILES string of the molecule is CN(C)C1(CNc2ccc(Cl)c(C(=O)O)n2)CCCC1. The van der Waals surface area contributed by atoms with Crippen LogP contribution in [0.1, 0.15) is 36.2 Å². The number of pyridine rings is 1. The van der Waals surface area contributed by atoms with Gasteiger partial charge in [-0.1, -0.05) is 24.4 Å². The third kappa shape index (κ3) is 3.04. The number of anilines is 1. The van der Waals surface area contributed by atoms with Gasteiger partial charge in [0.2, 0.25) is 0 Å². The fourth-order valence-electron chi connectivity index (χ4n) is 2.76. The average Bonchev–Trinajstić information content (AvgIpc) is 2.87. The van der Waals surface area contributed by atoms with Crippen LogP contribution in [0.3, 0.4) is 0 Å². The van der Waals surface area contributed by atoms with Crippen LogP contribution in [0.2, 0.25) is 5.02 Å². The molecule has 1 aromatic rings. The first-order valence-electron chi connectivity index (χ1n) is 6.76. The number of carboxylic acids is 1. The quantitative estimate of drug-likeness (QED) is 0.875. The molecule has 20 heavy (non-hydrogen) atoms. The van der Waals surface area contributed by atoms with Crippen LogP contribution in [0, 0.1) is 0 Å². The molecule has 2 rings (SSSR count). The van der Waals surface area contributed by atoms with Gasteiger partial charge in [0.05, 0.1) is 5.02 Å². The van der Waals surface area contributed by atoms with Crippen molar-refractivity contribution in [3.63, 3.8) is 0 Å². The Morgan fingerprint density at radius 1 is 1.45 bits per heavy atom. The zero-order valence-corrected chi connectivity index (χ0v) is 12.6. The molecule has 0 aliphatic heterocycles. The van der Waals surface area contributed by atoms with E-state index in [0.29, 0.717) is 5.82 Å². The van der Waals surface area contributed by atoms with Gasteiger partial charge < -0.3 is 15.3 Å². The number of aromatic nitrogens is 1. The van der Waals surface area contributed by atoms with Crippen molar-refractivity contribution >= 4 is 23.4 Å². The standard InChI is InChI=1S/C14H20ClN3O2/c1-18(2)14(7-3-4-8-14)9-16-11-6-5-10(15)12(17-11)13(19)20/h5-6H,3-4,7-9H2,1-2H3,(H,16,17)(H,19,20). The number of carboxylic acid groups (broad SMARTS) is 1. The molecule has 1 saturated carbocycles. The number of likely N-dealkylation sites (N-methyl/N-ethyl adjacent to an activating group) is 1. The summed E-state index contributed by atoms with van der Waals surface area (Å²) in [6, 6.07) is 3.28. The van der Waals surface area contributed by atoms with Crippen molar-refractivity contribution in [2.24, 2.45) is 0 Å². The maximum absolute atomic E-state index is 11.0. The molecule has 0 saturated heterocycles. The third-order valence-electron chi connectivity index (χ3n) is 4.13. The second-order valence-corrected chi connectivity index (χ2v) is 5.92. The lowest BCUT2D eigenvalue weighted by Gasteiger charge is -2.36. The second kappa shape index (κ2) is 5.97. The molecule has 1 aromatic heterocycles. The van der Waals surface area contributed by atoms with Gasteiger partial charge in [0.1, 0.15) is 5.82 Å². The first-order chi connectivity index (χ1) is 9.44. The lowest BCUT2D eigenvalue weighted by molar-refractivity contribution is 0.0691. The molecule has 0 radical (unpaired) electrons. The summed E-state index contributed by atoms with van der Waals surface area (Å²) < 4.78 is 0. The van der Waals surface area contributed by atoms with E-state index in [2.05, 4.69) is 29.3 Å². The van der Waals surface area contributed by atoms with E-state index in [1.165, 1.54) is 12.8 Å². The predicted octanol–water partition coefficient (Wildman–Crippen LogP) is 2.72. The molecule has 5 nitrogen and oxygen atoms in total. The minimum Gasteiger partial charge on any atom is -0.476 e. The molecule has 0 aromatic carbocycles. The monoisotopic (exact) mass is 297 g/mol. The highest BCUT2D eigenvalue weighted by Gasteiger charge is 2.35. The van der Waals surface area contributed by atoms with Gasteiger partial charge in [0, 0.05) is 12.1 Å². The van der Waals surface area contributed by atoms with Crippen molar-refractivity contribution < 1.29 is 9.90 Å². The molecular formula is C14H20ClN3O2. The summed E-state index contributed by atoms with van der Waals surface area (Å²) in [5.74, 6) is -0.554. The topological polar surface area (TPSA) is 65.5 Å². The number of hydrogen-bond acceptors (Lipinski definition) is 4. The van der Waals surface area contributed by atoms with Crippen molar-refractivity contribution in [1.29, 1.82) is 0 Å². The van der Waals surface area contributed by atoms with E-state index in [0.717, 1.165) is 19.4 Å². The van der Waals surface area contributed by atoms with Crippen LogP contribution in [0.15, 0.2) is 12.1 Å². The van der Waals surface area contributed by atoms with E-state index >= 15 is 0 Å². The predicted molar refractivity (Wildman–Crippen MR) is 79.6 cm³/mol. The Bertz CT molecular complexity index is 499. The molecule has 1 heterocycles. The number of halogens is 1. The van der Waals surface area contributed by atoms with Crippen molar-refractivity contribution in [3.05, 3.63) is 22.8 Å². The van der Waals surface area contributed by atoms with Gasteiger partial charge in [-0.3, -0.25) is 0 Å². The molecule has 1 fully saturated rings. The molecule has 0 spiro atoms. The fraction of sp³-hybridized carbons (Fsp3) is 0.571. The Morgan fingerprint density at radius 2 is 2.10 bits per heavy atom. The van der Waals surface area contributed by atoms with Gasteiger partial charge in [-0.05, 0) is 39.1 Å². The van der Waals surface area contributed by atoms with Crippen molar-refractivity contribution in [1.82, 2.24) is 9.88 Å². The second-order valence-electron chi connectivity index (χ2n) is 5.51. The van der Waals surface area contributed by atoms with Gasteiger partial charge in [-0.2, -0.15) is 0 Å². The van der Waals surface area contributed by atoms with E-state index in [1.807, 2.05) is 0 Å². The average molecular weight is 298 g/mol. The summed E-state index contributed by atoms with van der Waals surface area (Å²) in [6.07, 6.45) is 4.75. The zero-order chi connectivity index (χ0) is 14.8. The van der Waals surface area contributed by atoms with Crippen LogP contribution >= 0.6 is 11.6 Å². The summed E-state index contributed by atoms with van der Waals surface area (Å²) in [7, 11) is 4.18. The number of aromatic carboxylic acids is 1. The number of nitrogens with one attached hydrogen (secondary N) is 1. The third-order valence-corrected chi connectivity index (χ3v) is 4.44. The largest absolute Gasteiger partial charge is 0.476 e. The van der Waals surface area contributed by atoms with Crippen LogP contribution in [-0.4, -0.2) is 47.1 Å². The number of carbonyl (C=O) groups is 1. The Balaban J connectivity index is 2.10. The summed E-state index contributed by atoms with van der Waals surface area (Å²) in [5, 5.41) is 12.4. The molecule has 1 aliphatic rings. The fourth-order valence-corrected chi connectivity index (χ4v) is 2.95. The number of hydrogen-bond donors (Lipinski definition) is 2. The Morgan fingerprint density at radius 3 is 2.65 bits per heavy atom. The summed E-state index contributed by atoms with van der Waals surface area (Å²) in [5.41, 5.74) is 0.0204. The molecule has 1 aliphatic carbocycles. The van der Waals surface area contributed by atoms with E-state index in [1.54, 1.807) is 12.1 Å². The Hall–Kier alpha value is -1.33. The summed E-state index contributed by atoms with van der Waals surface area (Å²) in [6.45, 7) is 0.758. The minimum atomic E-state index is -1.11. The summed E-state index contributed by atoms with van der Waals surface area (Å²) >= 11 is 5.82. The molecule has 2 N–H and O–H groups in total. The smallest absolute Gasteiger partial charge is 0.356 e. The van der Waals surface area contributed by atoms with Gasteiger partial charge in [0.25, 0.3) is 0 Å². The lowest BCUT2D eigenvalue weighted by Crippen LogP contribution is -2.47. The van der Waals surface area contributed by atoms with Crippen molar-refractivity contribution in [3.8, 4) is 0 Å². The van der Waals surface area contributed by atoms with Crippen LogP contribution in [-0.2, 0) is 0 Å². The van der Waals surface area contributed by atoms with Crippen LogP contribution in [0.4, 0.5) is 5.82 Å². The Kier molecular flexibility index (Phi) is 4.50. The minimum absolute atomic E-state index is 0.109. The molecule has 0 atom stereocenters. The van der Waals surface area contributed by atoms with Gasteiger partial charge >= 0.3 is 5.97 Å². The van der Waals surface area contributed by atoms with E-state index in [-0.39, 0.29) is 16.3 Å². The molecule has 0 amide bonds. The van der Waals surface area contributed by atoms with Gasteiger partial charge in [0.15, 0.2) is 5.69 Å². The van der Waals surface area contributed by atoms with Crippen LogP contribution in [0.25, 0.3) is 0 Å². The normalized spacial score (nSPS) is 17.4. The highest BCUT2D eigenvalue weighted by molar-refractivity contribution is 6.33. The van der Waals surface area contributed by atoms with Crippen LogP contribution < -0.4 is 5.32 Å². The van der Waals surface area contributed by atoms with Crippen molar-refractivity contribution in [2.75, 3.05) is 26.0 Å².